The molecule has 0 bridgehead atoms. The topological polar surface area (TPSA) is 49.8 Å². The highest BCUT2D eigenvalue weighted by atomic mass is 19.4. The number of para-hydroxylation sites is 1. The number of ether oxygens (including phenoxy) is 1. The Morgan fingerprint density at radius 2 is 1.84 bits per heavy atom. The number of nitrogens with zero attached hydrogens (tertiary/aromatic N) is 1. The highest BCUT2D eigenvalue weighted by Crippen LogP contribution is 2.45. The van der Waals surface area contributed by atoms with Gasteiger partial charge in [0.1, 0.15) is 11.6 Å². The van der Waals surface area contributed by atoms with Crippen LogP contribution in [0.25, 0.3) is 11.1 Å². The lowest BCUT2D eigenvalue weighted by molar-refractivity contribution is -0.153. The van der Waals surface area contributed by atoms with E-state index in [0.29, 0.717) is 5.56 Å². The van der Waals surface area contributed by atoms with Crippen molar-refractivity contribution in [3.05, 3.63) is 53.3 Å². The minimum absolute atomic E-state index is 0.0832. The van der Waals surface area contributed by atoms with Gasteiger partial charge in [-0.25, -0.2) is 4.39 Å². The van der Waals surface area contributed by atoms with Gasteiger partial charge in [-0.15, -0.1) is 0 Å². The molecule has 1 saturated carbocycles. The smallest absolute Gasteiger partial charge is 0.422 e. The molecular formula is C23H23F4NO3. The van der Waals surface area contributed by atoms with Gasteiger partial charge in [0, 0.05) is 17.7 Å². The second-order valence-corrected chi connectivity index (χ2v) is 8.76. The summed E-state index contributed by atoms with van der Waals surface area (Å²) in [6.07, 6.45) is -2.75. The number of carbonyl (C=O) groups is 1. The molecule has 0 aromatic heterocycles. The highest BCUT2D eigenvalue weighted by Gasteiger charge is 2.48. The maximum Gasteiger partial charge on any atom is 0.422 e. The molecule has 2 aromatic carbocycles. The molecule has 8 heteroatoms. The molecule has 1 heterocycles. The van der Waals surface area contributed by atoms with Gasteiger partial charge in [-0.1, -0.05) is 18.2 Å². The second-order valence-electron chi connectivity index (χ2n) is 8.76. The molecule has 4 nitrogen and oxygen atoms in total. The van der Waals surface area contributed by atoms with Crippen LogP contribution in [0.2, 0.25) is 0 Å². The summed E-state index contributed by atoms with van der Waals surface area (Å²) in [4.78, 5) is 15.0. The van der Waals surface area contributed by atoms with Crippen LogP contribution in [0.3, 0.4) is 0 Å². The molecule has 31 heavy (non-hydrogen) atoms. The number of halogens is 4. The zero-order valence-corrected chi connectivity index (χ0v) is 17.2. The Kier molecular flexibility index (Phi) is 5.24. The Bertz CT molecular complexity index is 1010. The highest BCUT2D eigenvalue weighted by molar-refractivity contribution is 6.05. The number of hydrogen-bond donors (Lipinski definition) is 1. The number of rotatable bonds is 6. The van der Waals surface area contributed by atoms with Gasteiger partial charge in [0.25, 0.3) is 5.91 Å². The lowest BCUT2D eigenvalue weighted by Gasteiger charge is -2.37. The van der Waals surface area contributed by atoms with E-state index in [9.17, 15) is 27.5 Å². The first-order valence-electron chi connectivity index (χ1n) is 10.1. The van der Waals surface area contributed by atoms with Gasteiger partial charge in [-0.3, -0.25) is 4.79 Å². The minimum atomic E-state index is -4.53. The van der Waals surface area contributed by atoms with E-state index in [1.807, 2.05) is 0 Å². The van der Waals surface area contributed by atoms with Crippen LogP contribution in [0.15, 0.2) is 36.4 Å². The average molecular weight is 437 g/mol. The summed E-state index contributed by atoms with van der Waals surface area (Å²) in [5, 5.41) is 10.7. The molecule has 2 aliphatic rings. The Morgan fingerprint density at radius 3 is 2.45 bits per heavy atom. The van der Waals surface area contributed by atoms with Crippen LogP contribution in [0.4, 0.5) is 17.6 Å². The number of hydrogen-bond acceptors (Lipinski definition) is 3. The van der Waals surface area contributed by atoms with Crippen molar-refractivity contribution in [3.8, 4) is 16.9 Å². The normalized spacial score (nSPS) is 17.6. The van der Waals surface area contributed by atoms with Gasteiger partial charge >= 0.3 is 6.18 Å². The molecule has 166 valence electrons. The van der Waals surface area contributed by atoms with Crippen molar-refractivity contribution < 1.29 is 32.2 Å². The third-order valence-corrected chi connectivity index (χ3v) is 5.70. The molecule has 4 rings (SSSR count). The standard InChI is InChI=1S/C23H23F4NO3/c1-22(2,30)20(13-7-8-13)28-11-14-9-15(24)10-17(19(14)21(28)29)16-5-3-4-6-18(16)31-12-23(25,26)27/h3-6,9-10,13,20,30H,7-8,11-12H2,1-2H3/t20-/m0/s1. The van der Waals surface area contributed by atoms with E-state index in [2.05, 4.69) is 0 Å². The first-order valence-corrected chi connectivity index (χ1v) is 10.1. The number of benzene rings is 2. The van der Waals surface area contributed by atoms with E-state index < -0.39 is 30.2 Å². The van der Waals surface area contributed by atoms with E-state index >= 15 is 0 Å². The zero-order chi connectivity index (χ0) is 22.6. The number of aliphatic hydroxyl groups is 1. The van der Waals surface area contributed by atoms with Crippen molar-refractivity contribution in [2.75, 3.05) is 6.61 Å². The maximum atomic E-state index is 14.5. The lowest BCUT2D eigenvalue weighted by Crippen LogP contribution is -2.51. The van der Waals surface area contributed by atoms with Crippen LogP contribution in [0.1, 0.15) is 42.6 Å². The quantitative estimate of drug-likeness (QED) is 0.652. The largest absolute Gasteiger partial charge is 0.483 e. The Morgan fingerprint density at radius 1 is 1.16 bits per heavy atom. The molecule has 0 radical (unpaired) electrons. The van der Waals surface area contributed by atoms with Crippen LogP contribution in [0, 0.1) is 11.7 Å². The number of amides is 1. The third kappa shape index (κ3) is 4.39. The molecule has 0 saturated heterocycles. The summed E-state index contributed by atoms with van der Waals surface area (Å²) in [6.45, 7) is 1.93. The zero-order valence-electron chi connectivity index (χ0n) is 17.2. The van der Waals surface area contributed by atoms with Gasteiger partial charge < -0.3 is 14.7 Å². The maximum absolute atomic E-state index is 14.5. The summed E-state index contributed by atoms with van der Waals surface area (Å²) in [5.74, 6) is -0.885. The summed E-state index contributed by atoms with van der Waals surface area (Å²) in [6, 6.07) is 7.95. The molecular weight excluding hydrogens is 414 g/mol. The predicted octanol–water partition coefficient (Wildman–Crippen LogP) is 4.94. The minimum Gasteiger partial charge on any atom is -0.483 e. The van der Waals surface area contributed by atoms with Crippen LogP contribution < -0.4 is 4.74 Å². The second kappa shape index (κ2) is 7.51. The van der Waals surface area contributed by atoms with E-state index in [0.717, 1.165) is 18.9 Å². The van der Waals surface area contributed by atoms with Crippen LogP contribution >= 0.6 is 0 Å². The number of fused-ring (bicyclic) bond motifs is 1. The Hall–Kier alpha value is -2.61. The first-order chi connectivity index (χ1) is 14.5. The molecule has 1 atom stereocenters. The van der Waals surface area contributed by atoms with Gasteiger partial charge in [-0.05, 0) is 56.4 Å². The van der Waals surface area contributed by atoms with Gasteiger partial charge in [-0.2, -0.15) is 13.2 Å². The molecule has 2 aromatic rings. The molecule has 1 amide bonds. The van der Waals surface area contributed by atoms with Gasteiger partial charge in [0.05, 0.1) is 17.2 Å². The molecule has 1 aliphatic heterocycles. The van der Waals surface area contributed by atoms with Crippen LogP contribution in [0.5, 0.6) is 5.75 Å². The summed E-state index contributed by atoms with van der Waals surface area (Å²) < 4.78 is 57.5. The number of alkyl halides is 3. The number of carbonyl (C=O) groups excluding carboxylic acids is 1. The van der Waals surface area contributed by atoms with Gasteiger partial charge in [0.2, 0.25) is 0 Å². The van der Waals surface area contributed by atoms with Crippen molar-refractivity contribution >= 4 is 5.91 Å². The summed E-state index contributed by atoms with van der Waals surface area (Å²) >= 11 is 0. The predicted molar refractivity (Wildman–Crippen MR) is 106 cm³/mol. The van der Waals surface area contributed by atoms with Crippen LogP contribution in [-0.4, -0.2) is 40.3 Å². The monoisotopic (exact) mass is 437 g/mol. The van der Waals surface area contributed by atoms with Crippen molar-refractivity contribution in [1.82, 2.24) is 4.90 Å². The summed E-state index contributed by atoms with van der Waals surface area (Å²) in [5.41, 5.74) is -0.0694. The Labute approximate surface area is 177 Å². The van der Waals surface area contributed by atoms with Crippen molar-refractivity contribution in [2.45, 2.75) is 51.1 Å². The fraction of sp³-hybridized carbons (Fsp3) is 0.435. The average Bonchev–Trinajstić information content (AvgIpc) is 3.43. The van der Waals surface area contributed by atoms with E-state index in [-0.39, 0.29) is 40.8 Å². The van der Waals surface area contributed by atoms with Crippen molar-refractivity contribution in [1.29, 1.82) is 0 Å². The fourth-order valence-corrected chi connectivity index (χ4v) is 4.48. The van der Waals surface area contributed by atoms with Crippen molar-refractivity contribution in [2.24, 2.45) is 5.92 Å². The summed E-state index contributed by atoms with van der Waals surface area (Å²) in [7, 11) is 0. The molecule has 1 aliphatic carbocycles. The molecule has 0 unspecified atom stereocenters. The molecule has 1 fully saturated rings. The van der Waals surface area contributed by atoms with Gasteiger partial charge in [0.15, 0.2) is 6.61 Å². The molecule has 1 N–H and O–H groups in total. The van der Waals surface area contributed by atoms with Crippen molar-refractivity contribution in [3.63, 3.8) is 0 Å². The lowest BCUT2D eigenvalue weighted by atomic mass is 9.92. The van der Waals surface area contributed by atoms with E-state index in [4.69, 9.17) is 4.74 Å². The fourth-order valence-electron chi connectivity index (χ4n) is 4.48. The Balaban J connectivity index is 1.76. The van der Waals surface area contributed by atoms with E-state index in [1.54, 1.807) is 24.8 Å². The van der Waals surface area contributed by atoms with Crippen LogP contribution in [-0.2, 0) is 6.54 Å². The third-order valence-electron chi connectivity index (χ3n) is 5.70. The SMILES string of the molecule is CC(C)(O)[C@H](C1CC1)N1Cc2cc(F)cc(-c3ccccc3OCC(F)(F)F)c2C1=O. The first kappa shape index (κ1) is 21.6. The van der Waals surface area contributed by atoms with E-state index in [1.165, 1.54) is 24.3 Å². The molecule has 0 spiro atoms.